The molecule has 0 saturated carbocycles. The van der Waals surface area contributed by atoms with E-state index in [2.05, 4.69) is 148 Å². The number of unbranched alkanes of at least 4 members (excludes halogenated alkanes) is 27. The molecule has 0 heterocycles. The minimum Gasteiger partial charge on any atom is -0.462 e. The van der Waals surface area contributed by atoms with Crippen LogP contribution in [-0.2, 0) is 32.7 Å². The second-order valence-corrected chi connectivity index (χ2v) is 23.4. The van der Waals surface area contributed by atoms with Crippen molar-refractivity contribution >= 4 is 19.8 Å². The number of esters is 2. The van der Waals surface area contributed by atoms with Gasteiger partial charge >= 0.3 is 19.8 Å². The molecule has 0 aromatic heterocycles. The number of nitrogens with two attached hydrogens (primary N) is 1. The van der Waals surface area contributed by atoms with Crippen LogP contribution in [0, 0.1) is 0 Å². The molecule has 0 aliphatic rings. The van der Waals surface area contributed by atoms with Crippen molar-refractivity contribution in [2.45, 2.75) is 290 Å². The molecular formula is C73H124NO8P. The summed E-state index contributed by atoms with van der Waals surface area (Å²) in [7, 11) is -4.41. The number of carbonyl (C=O) groups is 2. The molecule has 0 rings (SSSR count). The standard InChI is InChI=1S/C73H124NO8P/c1-3-5-7-9-11-13-15-17-19-21-23-25-27-29-31-33-34-35-36-38-40-42-44-46-48-50-52-54-56-58-60-62-64-66-73(76)82-71(70-81-83(77,78)80-68-67-74)69-79-72(75)65-63-61-59-57-55-53-51-49-47-45-43-41-39-37-32-30-28-26-24-22-20-18-16-14-12-10-8-6-4-2/h5,7,11,13,17,19,22-25,29,31,34-35,38,40,44,46,50,52,56,58,71H,3-4,6,8-10,12,14-16,18,20-21,26-28,30,32-33,36-37,39,41-43,45,47-49,51,53-55,57,59-70,74H2,1-2H3,(H,77,78)/b7-5-,13-11-,19-17-,24-22-,25-23-,31-29-,35-34-,40-38-,46-44-,52-50-,58-56-. The highest BCUT2D eigenvalue weighted by Gasteiger charge is 2.26. The van der Waals surface area contributed by atoms with Crippen molar-refractivity contribution in [3.05, 3.63) is 134 Å². The van der Waals surface area contributed by atoms with Crippen molar-refractivity contribution in [3.8, 4) is 0 Å². The lowest BCUT2D eigenvalue weighted by Crippen LogP contribution is -2.29. The van der Waals surface area contributed by atoms with Gasteiger partial charge in [0.25, 0.3) is 0 Å². The Balaban J connectivity index is 4.03. The van der Waals surface area contributed by atoms with Crippen molar-refractivity contribution < 1.29 is 37.6 Å². The molecule has 0 radical (unpaired) electrons. The first-order chi connectivity index (χ1) is 40.8. The van der Waals surface area contributed by atoms with Crippen molar-refractivity contribution in [1.29, 1.82) is 0 Å². The fourth-order valence-corrected chi connectivity index (χ4v) is 9.84. The average molecular weight is 1170 g/mol. The molecule has 3 N–H and O–H groups in total. The van der Waals surface area contributed by atoms with Crippen molar-refractivity contribution in [2.24, 2.45) is 5.73 Å². The monoisotopic (exact) mass is 1170 g/mol. The summed E-state index contributed by atoms with van der Waals surface area (Å²) >= 11 is 0. The number of phosphoric ester groups is 1. The molecule has 0 aliphatic carbocycles. The molecule has 474 valence electrons. The Kier molecular flexibility index (Phi) is 64.2. The Morgan fingerprint density at radius 2 is 0.663 bits per heavy atom. The summed E-state index contributed by atoms with van der Waals surface area (Å²) in [5.74, 6) is -0.880. The first kappa shape index (κ1) is 79.2. The van der Waals surface area contributed by atoms with E-state index >= 15 is 0 Å². The number of carbonyl (C=O) groups excluding carboxylic acids is 2. The van der Waals surface area contributed by atoms with Gasteiger partial charge in [0.1, 0.15) is 6.61 Å². The second-order valence-electron chi connectivity index (χ2n) is 22.0. The van der Waals surface area contributed by atoms with Gasteiger partial charge in [0.2, 0.25) is 0 Å². The topological polar surface area (TPSA) is 134 Å². The summed E-state index contributed by atoms with van der Waals surface area (Å²) < 4.78 is 33.1. The summed E-state index contributed by atoms with van der Waals surface area (Å²) in [5.41, 5.74) is 5.39. The van der Waals surface area contributed by atoms with Crippen molar-refractivity contribution in [2.75, 3.05) is 26.4 Å². The Morgan fingerprint density at radius 3 is 1.02 bits per heavy atom. The predicted molar refractivity (Wildman–Crippen MR) is 357 cm³/mol. The zero-order valence-electron chi connectivity index (χ0n) is 53.1. The van der Waals surface area contributed by atoms with E-state index in [0.29, 0.717) is 6.42 Å². The maximum absolute atomic E-state index is 12.7. The van der Waals surface area contributed by atoms with Gasteiger partial charge in [0.15, 0.2) is 6.10 Å². The number of phosphoric acid groups is 1. The molecule has 0 spiro atoms. The molecule has 9 nitrogen and oxygen atoms in total. The number of ether oxygens (including phenoxy) is 2. The predicted octanol–water partition coefficient (Wildman–Crippen LogP) is 22.1. The maximum atomic E-state index is 12.7. The van der Waals surface area contributed by atoms with Gasteiger partial charge in [-0.15, -0.1) is 0 Å². The Labute approximate surface area is 510 Å². The maximum Gasteiger partial charge on any atom is 0.472 e. The minimum atomic E-state index is -4.41. The number of hydrogen-bond acceptors (Lipinski definition) is 8. The van der Waals surface area contributed by atoms with E-state index in [0.717, 1.165) is 96.3 Å². The van der Waals surface area contributed by atoms with Crippen LogP contribution in [0.5, 0.6) is 0 Å². The highest BCUT2D eigenvalue weighted by molar-refractivity contribution is 7.47. The van der Waals surface area contributed by atoms with E-state index in [1.165, 1.54) is 154 Å². The highest BCUT2D eigenvalue weighted by atomic mass is 31.2. The summed E-state index contributed by atoms with van der Waals surface area (Å²) in [6.07, 6.45) is 95.4. The van der Waals surface area contributed by atoms with E-state index in [1.54, 1.807) is 0 Å². The molecule has 0 amide bonds. The van der Waals surface area contributed by atoms with E-state index in [4.69, 9.17) is 24.3 Å². The third kappa shape index (κ3) is 67.2. The van der Waals surface area contributed by atoms with Crippen LogP contribution in [0.15, 0.2) is 134 Å². The molecule has 0 bridgehead atoms. The lowest BCUT2D eigenvalue weighted by molar-refractivity contribution is -0.161. The zero-order valence-corrected chi connectivity index (χ0v) is 54.0. The summed E-state index contributed by atoms with van der Waals surface area (Å²) in [6.45, 7) is 3.59. The van der Waals surface area contributed by atoms with Gasteiger partial charge < -0.3 is 20.1 Å². The third-order valence-corrected chi connectivity index (χ3v) is 15.0. The van der Waals surface area contributed by atoms with Gasteiger partial charge in [0.05, 0.1) is 13.2 Å². The fraction of sp³-hybridized carbons (Fsp3) is 0.671. The van der Waals surface area contributed by atoms with Crippen molar-refractivity contribution in [1.82, 2.24) is 0 Å². The Morgan fingerprint density at radius 1 is 0.373 bits per heavy atom. The van der Waals surface area contributed by atoms with Crippen LogP contribution < -0.4 is 5.73 Å². The Hall–Kier alpha value is -3.85. The number of allylic oxidation sites excluding steroid dienone is 22. The number of rotatable bonds is 62. The lowest BCUT2D eigenvalue weighted by Gasteiger charge is -2.19. The van der Waals surface area contributed by atoms with E-state index in [-0.39, 0.29) is 32.6 Å². The van der Waals surface area contributed by atoms with Gasteiger partial charge in [-0.3, -0.25) is 18.6 Å². The second kappa shape index (κ2) is 67.3. The van der Waals surface area contributed by atoms with E-state index in [9.17, 15) is 19.0 Å². The molecule has 2 unspecified atom stereocenters. The molecular weight excluding hydrogens is 1050 g/mol. The smallest absolute Gasteiger partial charge is 0.462 e. The average Bonchev–Trinajstić information content (AvgIpc) is 3.49. The number of hydrogen-bond donors (Lipinski definition) is 2. The quantitative estimate of drug-likeness (QED) is 0.0264. The van der Waals surface area contributed by atoms with Crippen LogP contribution in [0.25, 0.3) is 0 Å². The SMILES string of the molecule is CC/C=C\C/C=C\C/C=C\C/C=C\C/C=C\C/C=C\C/C=C\C/C=C\C/C=C\C/C=C\CCCCC(=O)OC(COC(=O)CCCCCCCCCCCCCCCCCCC/C=C\CCCCCCCCCC)COP(=O)(O)OCCN. The highest BCUT2D eigenvalue weighted by Crippen LogP contribution is 2.43. The zero-order chi connectivity index (χ0) is 60.1. The van der Waals surface area contributed by atoms with Gasteiger partial charge in [-0.1, -0.05) is 289 Å². The van der Waals surface area contributed by atoms with E-state index in [1.807, 2.05) is 0 Å². The van der Waals surface area contributed by atoms with Gasteiger partial charge in [-0.05, 0) is 116 Å². The van der Waals surface area contributed by atoms with E-state index < -0.39 is 32.5 Å². The first-order valence-electron chi connectivity index (χ1n) is 33.7. The lowest BCUT2D eigenvalue weighted by atomic mass is 10.0. The van der Waals surface area contributed by atoms with Crippen LogP contribution in [-0.4, -0.2) is 49.3 Å². The van der Waals surface area contributed by atoms with Gasteiger partial charge in [0, 0.05) is 19.4 Å². The van der Waals surface area contributed by atoms with Crippen LogP contribution >= 0.6 is 7.82 Å². The molecule has 0 fully saturated rings. The van der Waals surface area contributed by atoms with Gasteiger partial charge in [-0.2, -0.15) is 0 Å². The summed E-state index contributed by atoms with van der Waals surface area (Å²) in [5, 5.41) is 0. The first-order valence-corrected chi connectivity index (χ1v) is 35.2. The fourth-order valence-electron chi connectivity index (χ4n) is 9.07. The molecule has 0 saturated heterocycles. The summed E-state index contributed by atoms with van der Waals surface area (Å²) in [6, 6.07) is 0. The Bertz CT molecular complexity index is 1820. The molecule has 0 aliphatic heterocycles. The molecule has 10 heteroatoms. The normalized spacial score (nSPS) is 13.8. The van der Waals surface area contributed by atoms with Crippen LogP contribution in [0.3, 0.4) is 0 Å². The van der Waals surface area contributed by atoms with Crippen molar-refractivity contribution in [3.63, 3.8) is 0 Å². The summed E-state index contributed by atoms with van der Waals surface area (Å²) in [4.78, 5) is 35.3. The molecule has 0 aromatic rings. The minimum absolute atomic E-state index is 0.0400. The molecule has 2 atom stereocenters. The van der Waals surface area contributed by atoms with Gasteiger partial charge in [-0.25, -0.2) is 4.57 Å². The largest absolute Gasteiger partial charge is 0.472 e. The third-order valence-electron chi connectivity index (χ3n) is 14.0. The molecule has 0 aromatic carbocycles. The van der Waals surface area contributed by atoms with Crippen LogP contribution in [0.1, 0.15) is 284 Å². The van der Waals surface area contributed by atoms with Crippen LogP contribution in [0.2, 0.25) is 0 Å². The van der Waals surface area contributed by atoms with Crippen LogP contribution in [0.4, 0.5) is 0 Å². The molecule has 83 heavy (non-hydrogen) atoms.